The fourth-order valence-corrected chi connectivity index (χ4v) is 3.72. The van der Waals surface area contributed by atoms with E-state index in [9.17, 15) is 9.59 Å². The molecule has 6 nitrogen and oxygen atoms in total. The minimum atomic E-state index is -0.161. The van der Waals surface area contributed by atoms with Crippen LogP contribution in [0.4, 0.5) is 11.4 Å². The molecule has 0 saturated heterocycles. The molecule has 2 amide bonds. The average molecular weight is 474 g/mol. The van der Waals surface area contributed by atoms with Crippen LogP contribution in [-0.2, 0) is 11.2 Å². The van der Waals surface area contributed by atoms with Crippen LogP contribution in [0.1, 0.15) is 42.6 Å². The maximum Gasteiger partial charge on any atom is 0.253 e. The summed E-state index contributed by atoms with van der Waals surface area (Å²) < 4.78 is 5.80. The van der Waals surface area contributed by atoms with Gasteiger partial charge in [0.15, 0.2) is 0 Å². The molecule has 0 unspecified atom stereocenters. The van der Waals surface area contributed by atoms with E-state index >= 15 is 0 Å². The highest BCUT2D eigenvalue weighted by Crippen LogP contribution is 2.16. The second-order valence-corrected chi connectivity index (χ2v) is 8.38. The number of nitrogens with zero attached hydrogens (tertiary/aromatic N) is 1. The Balaban J connectivity index is 1.42. The van der Waals surface area contributed by atoms with Crippen LogP contribution < -0.4 is 15.4 Å². The van der Waals surface area contributed by atoms with E-state index in [-0.39, 0.29) is 18.4 Å². The van der Waals surface area contributed by atoms with Crippen molar-refractivity contribution >= 4 is 23.2 Å². The van der Waals surface area contributed by atoms with Gasteiger partial charge in [0.05, 0.1) is 13.2 Å². The minimum Gasteiger partial charge on any atom is -0.493 e. The summed E-state index contributed by atoms with van der Waals surface area (Å²) in [4.78, 5) is 26.9. The molecule has 0 atom stereocenters. The molecule has 6 heteroatoms. The highest BCUT2D eigenvalue weighted by Gasteiger charge is 2.14. The number of ether oxygens (including phenoxy) is 1. The summed E-state index contributed by atoms with van der Waals surface area (Å²) in [6.45, 7) is 6.37. The number of anilines is 2. The first-order valence-corrected chi connectivity index (χ1v) is 12.3. The van der Waals surface area contributed by atoms with E-state index in [1.54, 1.807) is 24.3 Å². The molecule has 0 bridgehead atoms. The van der Waals surface area contributed by atoms with E-state index < -0.39 is 0 Å². The van der Waals surface area contributed by atoms with E-state index in [1.165, 1.54) is 5.56 Å². The van der Waals surface area contributed by atoms with Gasteiger partial charge in [-0.15, -0.1) is 0 Å². The van der Waals surface area contributed by atoms with Gasteiger partial charge in [-0.3, -0.25) is 9.59 Å². The smallest absolute Gasteiger partial charge is 0.253 e. The minimum absolute atomic E-state index is 0.0285. The lowest BCUT2D eigenvalue weighted by Gasteiger charge is -2.21. The van der Waals surface area contributed by atoms with Gasteiger partial charge in [-0.25, -0.2) is 0 Å². The summed E-state index contributed by atoms with van der Waals surface area (Å²) in [7, 11) is 0. The van der Waals surface area contributed by atoms with Crippen molar-refractivity contribution < 1.29 is 14.3 Å². The van der Waals surface area contributed by atoms with Gasteiger partial charge < -0.3 is 20.3 Å². The number of carbonyl (C=O) groups excluding carboxylic acids is 2. The Labute approximate surface area is 208 Å². The lowest BCUT2D eigenvalue weighted by Crippen LogP contribution is -2.32. The molecular weight excluding hydrogens is 438 g/mol. The van der Waals surface area contributed by atoms with Crippen LogP contribution in [0.2, 0.25) is 0 Å². The van der Waals surface area contributed by atoms with Crippen molar-refractivity contribution in [3.8, 4) is 5.75 Å². The Morgan fingerprint density at radius 1 is 0.800 bits per heavy atom. The Morgan fingerprint density at radius 2 is 1.43 bits per heavy atom. The predicted octanol–water partition coefficient (Wildman–Crippen LogP) is 5.62. The van der Waals surface area contributed by atoms with Crippen molar-refractivity contribution in [2.24, 2.45) is 0 Å². The summed E-state index contributed by atoms with van der Waals surface area (Å²) in [6.07, 6.45) is 2.71. The van der Waals surface area contributed by atoms with E-state index in [2.05, 4.69) is 36.6 Å². The Morgan fingerprint density at radius 3 is 2.06 bits per heavy atom. The molecule has 0 spiro atoms. The first-order valence-electron chi connectivity index (χ1n) is 12.3. The molecule has 0 aliphatic carbocycles. The van der Waals surface area contributed by atoms with Crippen molar-refractivity contribution in [3.63, 3.8) is 0 Å². The number of rotatable bonds is 13. The standard InChI is InChI=1S/C29H35N3O3/c1-3-19-32(20-4-2)29(34)24-10-12-26(13-11-24)31-28(33)22-30-25-14-16-27(17-15-25)35-21-18-23-8-6-5-7-9-23/h5-17,30H,3-4,18-22H2,1-2H3,(H,31,33). The van der Waals surface area contributed by atoms with Crippen LogP contribution in [0.3, 0.4) is 0 Å². The quantitative estimate of drug-likeness (QED) is 0.338. The summed E-state index contributed by atoms with van der Waals surface area (Å²) in [5.74, 6) is 0.661. The molecule has 3 rings (SSSR count). The molecule has 0 radical (unpaired) electrons. The molecule has 0 aliphatic rings. The zero-order valence-corrected chi connectivity index (χ0v) is 20.6. The monoisotopic (exact) mass is 473 g/mol. The van der Waals surface area contributed by atoms with E-state index in [4.69, 9.17) is 4.74 Å². The summed E-state index contributed by atoms with van der Waals surface area (Å²) in [5, 5.41) is 5.98. The number of hydrogen-bond acceptors (Lipinski definition) is 4. The fourth-order valence-electron chi connectivity index (χ4n) is 3.72. The Bertz CT molecular complexity index is 1040. The molecule has 0 aromatic heterocycles. The Kier molecular flexibility index (Phi) is 10.2. The summed E-state index contributed by atoms with van der Waals surface area (Å²) in [6, 6.07) is 24.9. The van der Waals surface area contributed by atoms with Crippen molar-refractivity contribution in [1.82, 2.24) is 4.90 Å². The van der Waals surface area contributed by atoms with Crippen LogP contribution in [0, 0.1) is 0 Å². The number of hydrogen-bond donors (Lipinski definition) is 2. The molecule has 184 valence electrons. The summed E-state index contributed by atoms with van der Waals surface area (Å²) in [5.41, 5.74) is 3.37. The van der Waals surface area contributed by atoms with Crippen LogP contribution in [0.15, 0.2) is 78.9 Å². The number of carbonyl (C=O) groups is 2. The zero-order chi connectivity index (χ0) is 24.9. The fraction of sp³-hybridized carbons (Fsp3) is 0.310. The maximum absolute atomic E-state index is 12.7. The van der Waals surface area contributed by atoms with Crippen molar-refractivity contribution in [2.45, 2.75) is 33.1 Å². The Hall–Kier alpha value is -3.80. The first-order chi connectivity index (χ1) is 17.1. The van der Waals surface area contributed by atoms with Gasteiger partial charge in [0.2, 0.25) is 5.91 Å². The lowest BCUT2D eigenvalue weighted by atomic mass is 10.1. The molecule has 0 saturated carbocycles. The third kappa shape index (κ3) is 8.49. The van der Waals surface area contributed by atoms with Gasteiger partial charge in [0.1, 0.15) is 5.75 Å². The molecule has 0 aliphatic heterocycles. The molecule has 3 aromatic rings. The van der Waals surface area contributed by atoms with Crippen molar-refractivity contribution in [1.29, 1.82) is 0 Å². The normalized spacial score (nSPS) is 10.5. The van der Waals surface area contributed by atoms with Crippen molar-refractivity contribution in [3.05, 3.63) is 90.0 Å². The molecule has 0 fully saturated rings. The topological polar surface area (TPSA) is 70.7 Å². The second kappa shape index (κ2) is 13.8. The number of nitrogens with one attached hydrogen (secondary N) is 2. The van der Waals surface area contributed by atoms with Crippen LogP contribution >= 0.6 is 0 Å². The van der Waals surface area contributed by atoms with Gasteiger partial charge in [-0.05, 0) is 66.9 Å². The third-order valence-corrected chi connectivity index (χ3v) is 5.50. The van der Waals surface area contributed by atoms with Gasteiger partial charge in [0, 0.05) is 36.4 Å². The summed E-state index contributed by atoms with van der Waals surface area (Å²) >= 11 is 0. The van der Waals surface area contributed by atoms with Crippen LogP contribution in [0.25, 0.3) is 0 Å². The first kappa shape index (κ1) is 25.8. The zero-order valence-electron chi connectivity index (χ0n) is 20.6. The number of benzene rings is 3. The van der Waals surface area contributed by atoms with Gasteiger partial charge >= 0.3 is 0 Å². The van der Waals surface area contributed by atoms with Gasteiger partial charge in [-0.2, -0.15) is 0 Å². The predicted molar refractivity (Wildman–Crippen MR) is 142 cm³/mol. The van der Waals surface area contributed by atoms with Crippen molar-refractivity contribution in [2.75, 3.05) is 36.9 Å². The largest absolute Gasteiger partial charge is 0.493 e. The highest BCUT2D eigenvalue weighted by atomic mass is 16.5. The SMILES string of the molecule is CCCN(CCC)C(=O)c1ccc(NC(=O)CNc2ccc(OCCc3ccccc3)cc2)cc1. The molecule has 2 N–H and O–H groups in total. The van der Waals surface area contributed by atoms with E-state index in [1.807, 2.05) is 47.4 Å². The second-order valence-electron chi connectivity index (χ2n) is 8.38. The van der Waals surface area contributed by atoms with E-state index in [0.29, 0.717) is 17.9 Å². The molecule has 3 aromatic carbocycles. The van der Waals surface area contributed by atoms with Gasteiger partial charge in [0.25, 0.3) is 5.91 Å². The number of amides is 2. The molecular formula is C29H35N3O3. The van der Waals surface area contributed by atoms with Crippen LogP contribution in [-0.4, -0.2) is 43.0 Å². The average Bonchev–Trinajstić information content (AvgIpc) is 2.89. The lowest BCUT2D eigenvalue weighted by molar-refractivity contribution is -0.114. The molecule has 35 heavy (non-hydrogen) atoms. The van der Waals surface area contributed by atoms with Crippen LogP contribution in [0.5, 0.6) is 5.75 Å². The third-order valence-electron chi connectivity index (χ3n) is 5.50. The van der Waals surface area contributed by atoms with E-state index in [0.717, 1.165) is 43.8 Å². The molecule has 0 heterocycles. The maximum atomic E-state index is 12.7. The highest BCUT2D eigenvalue weighted by molar-refractivity contribution is 5.96. The van der Waals surface area contributed by atoms with Gasteiger partial charge in [-0.1, -0.05) is 44.2 Å².